The molecule has 7 nitrogen and oxygen atoms in total. The van der Waals surface area contributed by atoms with Gasteiger partial charge in [0.15, 0.2) is 23.1 Å². The fourth-order valence-corrected chi connectivity index (χ4v) is 4.05. The zero-order valence-corrected chi connectivity index (χ0v) is 18.9. The third kappa shape index (κ3) is 4.31. The van der Waals surface area contributed by atoms with E-state index in [1.165, 1.54) is 7.11 Å². The average Bonchev–Trinajstić information content (AvgIpc) is 3.01. The van der Waals surface area contributed by atoms with Crippen LogP contribution in [0.15, 0.2) is 34.1 Å². The van der Waals surface area contributed by atoms with Crippen molar-refractivity contribution in [1.82, 2.24) is 0 Å². The van der Waals surface area contributed by atoms with Crippen LogP contribution in [0.3, 0.4) is 0 Å². The second-order valence-corrected chi connectivity index (χ2v) is 7.09. The van der Waals surface area contributed by atoms with E-state index in [1.54, 1.807) is 33.5 Å². The van der Waals surface area contributed by atoms with Gasteiger partial charge in [-0.3, -0.25) is 4.79 Å². The lowest BCUT2D eigenvalue weighted by atomic mass is 9.95. The molecule has 0 bridgehead atoms. The number of ether oxygens (including phenoxy) is 5. The Morgan fingerprint density at radius 3 is 2.32 bits per heavy atom. The molecule has 1 aliphatic rings. The first-order chi connectivity index (χ1) is 15.0. The van der Waals surface area contributed by atoms with Gasteiger partial charge in [0.05, 0.1) is 41.1 Å². The molecule has 0 spiro atoms. The summed E-state index contributed by atoms with van der Waals surface area (Å²) in [6.07, 6.45) is 1.40. The Morgan fingerprint density at radius 2 is 1.71 bits per heavy atom. The summed E-state index contributed by atoms with van der Waals surface area (Å²) >= 11 is 0. The van der Waals surface area contributed by atoms with Crippen LogP contribution in [0.1, 0.15) is 37.4 Å². The number of hydrogen-bond acceptors (Lipinski definition) is 7. The van der Waals surface area contributed by atoms with E-state index < -0.39 is 0 Å². The van der Waals surface area contributed by atoms with E-state index in [4.69, 9.17) is 28.7 Å². The normalized spacial score (nSPS) is 15.3. The highest BCUT2D eigenvalue weighted by molar-refractivity contribution is 5.83. The van der Waals surface area contributed by atoms with Crippen LogP contribution < -0.4 is 24.4 Å². The van der Waals surface area contributed by atoms with Gasteiger partial charge in [-0.2, -0.15) is 0 Å². The van der Waals surface area contributed by atoms with Crippen LogP contribution in [0, 0.1) is 0 Å². The summed E-state index contributed by atoms with van der Waals surface area (Å²) < 4.78 is 27.8. The maximum Gasteiger partial charge on any atom is 0.220 e. The minimum absolute atomic E-state index is 0.207. The van der Waals surface area contributed by atoms with Crippen LogP contribution in [-0.4, -0.2) is 40.9 Å². The quantitative estimate of drug-likeness (QED) is 0.508. The molecule has 0 fully saturated rings. The van der Waals surface area contributed by atoms with Gasteiger partial charge in [0.1, 0.15) is 0 Å². The van der Waals surface area contributed by atoms with Gasteiger partial charge >= 0.3 is 0 Å². The molecule has 0 amide bonds. The number of benzene rings is 1. The molecule has 0 aromatic heterocycles. The zero-order valence-electron chi connectivity index (χ0n) is 18.9. The topological polar surface area (TPSA) is 75.6 Å². The minimum Gasteiger partial charge on any atom is -0.493 e. The second kappa shape index (κ2) is 9.73. The maximum atomic E-state index is 12.8. The van der Waals surface area contributed by atoms with Gasteiger partial charge in [-0.15, -0.1) is 0 Å². The predicted molar refractivity (Wildman–Crippen MR) is 120 cm³/mol. The Morgan fingerprint density at radius 1 is 1.00 bits per heavy atom. The van der Waals surface area contributed by atoms with Crippen molar-refractivity contribution in [2.75, 3.05) is 35.0 Å². The first-order valence-electron chi connectivity index (χ1n) is 10.2. The summed E-state index contributed by atoms with van der Waals surface area (Å²) in [5.74, 6) is 2.50. The molecule has 3 rings (SSSR count). The summed E-state index contributed by atoms with van der Waals surface area (Å²) in [6.45, 7) is 4.27. The minimum atomic E-state index is -0.263. The summed E-state index contributed by atoms with van der Waals surface area (Å²) in [7, 11) is 6.26. The SMILES string of the molecule is CCOC(C)=N[C@H]1CCc2cc(OC)c(OC)c(OC)c2-c2ccc(OC)c(=O)cc21. The van der Waals surface area contributed by atoms with Crippen LogP contribution in [0.2, 0.25) is 0 Å². The van der Waals surface area contributed by atoms with Crippen molar-refractivity contribution in [3.05, 3.63) is 45.6 Å². The first kappa shape index (κ1) is 22.5. The molecule has 0 aliphatic heterocycles. The molecule has 1 atom stereocenters. The molecule has 2 aromatic carbocycles. The van der Waals surface area contributed by atoms with Crippen molar-refractivity contribution in [3.8, 4) is 34.1 Å². The fraction of sp³-hybridized carbons (Fsp3) is 0.417. The van der Waals surface area contributed by atoms with Crippen LogP contribution in [0.25, 0.3) is 11.1 Å². The summed E-state index contributed by atoms with van der Waals surface area (Å²) in [6, 6.07) is 6.87. The van der Waals surface area contributed by atoms with E-state index in [0.29, 0.717) is 42.6 Å². The van der Waals surface area contributed by atoms with Crippen LogP contribution in [0.5, 0.6) is 23.0 Å². The number of rotatable bonds is 6. The highest BCUT2D eigenvalue weighted by Crippen LogP contribution is 2.50. The van der Waals surface area contributed by atoms with E-state index in [2.05, 4.69) is 0 Å². The summed E-state index contributed by atoms with van der Waals surface area (Å²) in [5, 5.41) is 0. The number of nitrogens with zero attached hydrogens (tertiary/aromatic N) is 1. The molecule has 0 unspecified atom stereocenters. The smallest absolute Gasteiger partial charge is 0.220 e. The molecule has 166 valence electrons. The molecule has 0 heterocycles. The molecule has 1 aliphatic carbocycles. The lowest BCUT2D eigenvalue weighted by Gasteiger charge is -2.19. The third-order valence-electron chi connectivity index (χ3n) is 5.38. The predicted octanol–water partition coefficient (Wildman–Crippen LogP) is 4.19. The van der Waals surface area contributed by atoms with Crippen LogP contribution in [-0.2, 0) is 11.2 Å². The highest BCUT2D eigenvalue weighted by atomic mass is 16.5. The van der Waals surface area contributed by atoms with E-state index in [1.807, 2.05) is 26.0 Å². The van der Waals surface area contributed by atoms with Gasteiger partial charge in [-0.25, -0.2) is 4.99 Å². The van der Waals surface area contributed by atoms with Crippen LogP contribution >= 0.6 is 0 Å². The first-order valence-corrected chi connectivity index (χ1v) is 10.2. The van der Waals surface area contributed by atoms with E-state index in [0.717, 1.165) is 22.3 Å². The van der Waals surface area contributed by atoms with Gasteiger partial charge in [0, 0.05) is 12.5 Å². The average molecular weight is 427 g/mol. The Hall–Kier alpha value is -3.22. The van der Waals surface area contributed by atoms with Crippen LogP contribution in [0.4, 0.5) is 0 Å². The van der Waals surface area contributed by atoms with E-state index in [9.17, 15) is 4.79 Å². The van der Waals surface area contributed by atoms with Crippen molar-refractivity contribution in [3.63, 3.8) is 0 Å². The number of aryl methyl sites for hydroxylation is 1. The van der Waals surface area contributed by atoms with Gasteiger partial charge in [-0.1, -0.05) is 6.07 Å². The molecular weight excluding hydrogens is 398 g/mol. The number of methoxy groups -OCH3 is 4. The zero-order chi connectivity index (χ0) is 22.5. The Kier molecular flexibility index (Phi) is 7.05. The molecule has 0 radical (unpaired) electrons. The summed E-state index contributed by atoms with van der Waals surface area (Å²) in [5.41, 5.74) is 3.31. The third-order valence-corrected chi connectivity index (χ3v) is 5.38. The monoisotopic (exact) mass is 427 g/mol. The Labute approximate surface area is 182 Å². The molecule has 0 N–H and O–H groups in total. The van der Waals surface area contributed by atoms with Gasteiger partial charge in [0.2, 0.25) is 11.2 Å². The van der Waals surface area contributed by atoms with Gasteiger partial charge < -0.3 is 23.7 Å². The van der Waals surface area contributed by atoms with Crippen molar-refractivity contribution in [2.24, 2.45) is 4.99 Å². The number of hydrogen-bond donors (Lipinski definition) is 0. The maximum absolute atomic E-state index is 12.8. The van der Waals surface area contributed by atoms with Crippen molar-refractivity contribution in [1.29, 1.82) is 0 Å². The lowest BCUT2D eigenvalue weighted by molar-refractivity contribution is 0.320. The van der Waals surface area contributed by atoms with Gasteiger partial charge in [-0.05, 0) is 54.7 Å². The molecule has 7 heteroatoms. The largest absolute Gasteiger partial charge is 0.493 e. The number of aliphatic imine (C=N–C) groups is 1. The van der Waals surface area contributed by atoms with Crippen molar-refractivity contribution >= 4 is 5.90 Å². The molecular formula is C24H29NO6. The van der Waals surface area contributed by atoms with Gasteiger partial charge in [0.25, 0.3) is 0 Å². The lowest BCUT2D eigenvalue weighted by Crippen LogP contribution is -2.07. The standard InChI is InChI=1S/C24H29NO6/c1-7-31-14(2)25-18-10-8-15-12-21(28-4)23(29-5)24(30-6)22(15)16-9-11-20(27-3)19(26)13-17(16)18/h9,11-13,18H,7-8,10H2,1-6H3/t18-/m0/s1. The Bertz CT molecular complexity index is 1050. The van der Waals surface area contributed by atoms with E-state index in [-0.39, 0.29) is 17.2 Å². The van der Waals surface area contributed by atoms with Crippen molar-refractivity contribution < 1.29 is 23.7 Å². The highest BCUT2D eigenvalue weighted by Gasteiger charge is 2.29. The number of fused-ring (bicyclic) bond motifs is 3. The van der Waals surface area contributed by atoms with Crippen molar-refractivity contribution in [2.45, 2.75) is 32.7 Å². The molecule has 0 saturated heterocycles. The van der Waals surface area contributed by atoms with E-state index >= 15 is 0 Å². The fourth-order valence-electron chi connectivity index (χ4n) is 4.05. The second-order valence-electron chi connectivity index (χ2n) is 7.09. The Balaban J connectivity index is 2.39. The summed E-state index contributed by atoms with van der Waals surface area (Å²) in [4.78, 5) is 17.6. The molecule has 0 saturated carbocycles. The molecule has 2 aromatic rings. The molecule has 31 heavy (non-hydrogen) atoms.